The summed E-state index contributed by atoms with van der Waals surface area (Å²) in [4.78, 5) is 12.0. The minimum atomic E-state index is -0.466. The topological polar surface area (TPSA) is 29.1 Å². The Hall–Kier alpha value is -0.900. The molecule has 0 saturated heterocycles. The monoisotopic (exact) mass is 311 g/mol. The van der Waals surface area contributed by atoms with Gasteiger partial charge in [-0.2, -0.15) is 0 Å². The average molecular weight is 312 g/mol. The van der Waals surface area contributed by atoms with Crippen molar-refractivity contribution in [3.63, 3.8) is 0 Å². The van der Waals surface area contributed by atoms with Crippen molar-refractivity contribution < 1.29 is 9.18 Å². The van der Waals surface area contributed by atoms with Crippen molar-refractivity contribution in [2.75, 3.05) is 6.54 Å². The number of benzene rings is 1. The molecule has 1 aromatic rings. The van der Waals surface area contributed by atoms with Crippen LogP contribution in [0.5, 0.6) is 0 Å². The molecule has 0 radical (unpaired) electrons. The largest absolute Gasteiger partial charge is 0.351 e. The van der Waals surface area contributed by atoms with Gasteiger partial charge in [0.1, 0.15) is 5.82 Å². The number of halogens is 2. The highest BCUT2D eigenvalue weighted by Crippen LogP contribution is 2.60. The molecule has 0 unspecified atom stereocenters. The molecule has 1 aromatic carbocycles. The Morgan fingerprint density at radius 2 is 2.17 bits per heavy atom. The Morgan fingerprint density at radius 3 is 2.78 bits per heavy atom. The summed E-state index contributed by atoms with van der Waals surface area (Å²) in [7, 11) is 0. The van der Waals surface area contributed by atoms with Crippen LogP contribution in [-0.2, 0) is 0 Å². The maximum atomic E-state index is 13.5. The number of rotatable bonds is 4. The van der Waals surface area contributed by atoms with Crippen LogP contribution in [0.2, 0.25) is 0 Å². The van der Waals surface area contributed by atoms with E-state index in [-0.39, 0.29) is 11.5 Å². The summed E-state index contributed by atoms with van der Waals surface area (Å²) in [6.45, 7) is 0.697. The lowest BCUT2D eigenvalue weighted by molar-refractivity contribution is 0.0938. The number of carbonyl (C=O) groups is 1. The van der Waals surface area contributed by atoms with E-state index in [9.17, 15) is 9.18 Å². The third kappa shape index (κ3) is 2.30. The molecule has 2 saturated carbocycles. The van der Waals surface area contributed by atoms with Gasteiger partial charge in [0, 0.05) is 11.0 Å². The van der Waals surface area contributed by atoms with E-state index in [1.807, 2.05) is 0 Å². The van der Waals surface area contributed by atoms with Gasteiger partial charge in [0.25, 0.3) is 5.91 Å². The first kappa shape index (κ1) is 12.2. The van der Waals surface area contributed by atoms with Gasteiger partial charge < -0.3 is 5.32 Å². The third-order valence-corrected chi connectivity index (χ3v) is 4.60. The Morgan fingerprint density at radius 1 is 1.44 bits per heavy atom. The SMILES string of the molecule is O=C(NCC1(C2CC2)CC1)c1cc(Br)ccc1F. The molecule has 2 fully saturated rings. The van der Waals surface area contributed by atoms with Crippen LogP contribution in [-0.4, -0.2) is 12.5 Å². The van der Waals surface area contributed by atoms with Gasteiger partial charge in [0.15, 0.2) is 0 Å². The summed E-state index contributed by atoms with van der Waals surface area (Å²) < 4.78 is 14.3. The van der Waals surface area contributed by atoms with Crippen molar-refractivity contribution in [2.24, 2.45) is 11.3 Å². The second-order valence-electron chi connectivity index (χ2n) is 5.44. The predicted octanol–water partition coefficient (Wildman–Crippen LogP) is 3.51. The first-order chi connectivity index (χ1) is 8.61. The summed E-state index contributed by atoms with van der Waals surface area (Å²) in [5, 5.41) is 2.89. The summed E-state index contributed by atoms with van der Waals surface area (Å²) in [6, 6.07) is 4.44. The summed E-state index contributed by atoms with van der Waals surface area (Å²) >= 11 is 3.25. The van der Waals surface area contributed by atoms with Crippen molar-refractivity contribution in [3.05, 3.63) is 34.1 Å². The molecular weight excluding hydrogens is 297 g/mol. The van der Waals surface area contributed by atoms with Gasteiger partial charge in [-0.05, 0) is 55.2 Å². The van der Waals surface area contributed by atoms with Crippen LogP contribution < -0.4 is 5.32 Å². The molecule has 2 nitrogen and oxygen atoms in total. The third-order valence-electron chi connectivity index (χ3n) is 4.11. The van der Waals surface area contributed by atoms with Crippen LogP contribution in [0.1, 0.15) is 36.0 Å². The Kier molecular flexibility index (Phi) is 2.93. The van der Waals surface area contributed by atoms with E-state index in [1.165, 1.54) is 37.8 Å². The normalized spacial score (nSPS) is 20.6. The van der Waals surface area contributed by atoms with Crippen LogP contribution in [0.3, 0.4) is 0 Å². The number of hydrogen-bond acceptors (Lipinski definition) is 1. The highest BCUT2D eigenvalue weighted by molar-refractivity contribution is 9.10. The van der Waals surface area contributed by atoms with E-state index in [0.717, 1.165) is 10.4 Å². The molecule has 1 amide bonds. The van der Waals surface area contributed by atoms with E-state index < -0.39 is 5.82 Å². The second-order valence-corrected chi connectivity index (χ2v) is 6.36. The fourth-order valence-corrected chi connectivity index (χ4v) is 2.97. The van der Waals surface area contributed by atoms with Crippen molar-refractivity contribution in [2.45, 2.75) is 25.7 Å². The molecule has 0 atom stereocenters. The first-order valence-corrected chi connectivity index (χ1v) is 7.13. The molecule has 96 valence electrons. The van der Waals surface area contributed by atoms with Gasteiger partial charge in [-0.3, -0.25) is 4.79 Å². The molecule has 0 bridgehead atoms. The van der Waals surface area contributed by atoms with E-state index >= 15 is 0 Å². The van der Waals surface area contributed by atoms with Gasteiger partial charge in [0.2, 0.25) is 0 Å². The van der Waals surface area contributed by atoms with Crippen molar-refractivity contribution in [1.29, 1.82) is 0 Å². The molecule has 0 heterocycles. The van der Waals surface area contributed by atoms with E-state index in [4.69, 9.17) is 0 Å². The number of hydrogen-bond donors (Lipinski definition) is 1. The molecule has 0 spiro atoms. The molecule has 0 aliphatic heterocycles. The number of nitrogens with one attached hydrogen (secondary N) is 1. The minimum Gasteiger partial charge on any atom is -0.351 e. The maximum Gasteiger partial charge on any atom is 0.254 e. The zero-order valence-corrected chi connectivity index (χ0v) is 11.6. The Balaban J connectivity index is 1.65. The lowest BCUT2D eigenvalue weighted by Crippen LogP contribution is -2.31. The fourth-order valence-electron chi connectivity index (χ4n) is 2.61. The standard InChI is InChI=1S/C14H15BrFNO/c15-10-3-4-12(16)11(7-10)13(18)17-8-14(5-6-14)9-1-2-9/h3-4,7,9H,1-2,5-6,8H2,(H,17,18). The summed E-state index contributed by atoms with van der Waals surface area (Å²) in [6.07, 6.45) is 5.00. The van der Waals surface area contributed by atoms with Crippen molar-refractivity contribution in [3.8, 4) is 0 Å². The lowest BCUT2D eigenvalue weighted by Gasteiger charge is -2.15. The van der Waals surface area contributed by atoms with E-state index in [1.54, 1.807) is 6.07 Å². The first-order valence-electron chi connectivity index (χ1n) is 6.34. The number of carbonyl (C=O) groups excluding carboxylic acids is 1. The number of amides is 1. The van der Waals surface area contributed by atoms with Crippen molar-refractivity contribution >= 4 is 21.8 Å². The molecule has 3 rings (SSSR count). The van der Waals surface area contributed by atoms with Crippen LogP contribution in [0, 0.1) is 17.2 Å². The van der Waals surface area contributed by atoms with Crippen LogP contribution >= 0.6 is 15.9 Å². The average Bonchev–Trinajstić information content (AvgIpc) is 3.21. The zero-order valence-electron chi connectivity index (χ0n) is 10.0. The molecule has 1 N–H and O–H groups in total. The quantitative estimate of drug-likeness (QED) is 0.906. The van der Waals surface area contributed by atoms with Crippen LogP contribution in [0.25, 0.3) is 0 Å². The van der Waals surface area contributed by atoms with Crippen LogP contribution in [0.4, 0.5) is 4.39 Å². The molecule has 0 aromatic heterocycles. The van der Waals surface area contributed by atoms with Gasteiger partial charge in [-0.25, -0.2) is 4.39 Å². The summed E-state index contributed by atoms with van der Waals surface area (Å²) in [5.41, 5.74) is 0.467. The van der Waals surface area contributed by atoms with Crippen molar-refractivity contribution in [1.82, 2.24) is 5.32 Å². The molecule has 2 aliphatic rings. The zero-order chi connectivity index (χ0) is 12.8. The van der Waals surface area contributed by atoms with E-state index in [2.05, 4.69) is 21.2 Å². The van der Waals surface area contributed by atoms with Gasteiger partial charge in [0.05, 0.1) is 5.56 Å². The maximum absolute atomic E-state index is 13.5. The fraction of sp³-hybridized carbons (Fsp3) is 0.500. The van der Waals surface area contributed by atoms with Gasteiger partial charge in [-0.1, -0.05) is 15.9 Å². The lowest BCUT2D eigenvalue weighted by atomic mass is 10.0. The molecule has 2 aliphatic carbocycles. The predicted molar refractivity (Wildman–Crippen MR) is 70.8 cm³/mol. The Bertz CT molecular complexity index is 495. The second kappa shape index (κ2) is 4.34. The molecule has 18 heavy (non-hydrogen) atoms. The highest BCUT2D eigenvalue weighted by atomic mass is 79.9. The van der Waals surface area contributed by atoms with Gasteiger partial charge >= 0.3 is 0 Å². The molecule has 4 heteroatoms. The Labute approximate surface area is 114 Å². The highest BCUT2D eigenvalue weighted by Gasteiger charge is 2.53. The van der Waals surface area contributed by atoms with E-state index in [0.29, 0.717) is 12.0 Å². The minimum absolute atomic E-state index is 0.121. The smallest absolute Gasteiger partial charge is 0.254 e. The van der Waals surface area contributed by atoms with Crippen LogP contribution in [0.15, 0.2) is 22.7 Å². The van der Waals surface area contributed by atoms with Gasteiger partial charge in [-0.15, -0.1) is 0 Å². The molecular formula is C14H15BrFNO. The summed E-state index contributed by atoms with van der Waals surface area (Å²) in [5.74, 6) is 0.0258.